The zero-order valence-corrected chi connectivity index (χ0v) is 12.8. The Morgan fingerprint density at radius 3 is 2.40 bits per heavy atom. The lowest BCUT2D eigenvalue weighted by molar-refractivity contribution is 0.222. The quantitative estimate of drug-likeness (QED) is 0.363. The summed E-state index contributed by atoms with van der Waals surface area (Å²) in [5.74, 6) is 6.13. The summed E-state index contributed by atoms with van der Waals surface area (Å²) in [6.45, 7) is 8.14. The molecule has 0 aliphatic rings. The number of rotatable bonds is 9. The van der Waals surface area contributed by atoms with E-state index in [-0.39, 0.29) is 12.1 Å². The predicted octanol–water partition coefficient (Wildman–Crippen LogP) is 2.33. The maximum absolute atomic E-state index is 5.48. The maximum atomic E-state index is 5.48. The minimum atomic E-state index is -0.00199. The van der Waals surface area contributed by atoms with Crippen LogP contribution in [0.4, 0.5) is 11.9 Å². The fourth-order valence-corrected chi connectivity index (χ4v) is 1.74. The number of anilines is 2. The maximum Gasteiger partial charge on any atom is 0.323 e. The second-order valence-electron chi connectivity index (χ2n) is 5.12. The second kappa shape index (κ2) is 8.52. The van der Waals surface area contributed by atoms with Crippen LogP contribution in [-0.2, 0) is 0 Å². The number of nitrogens with two attached hydrogens (primary N) is 1. The Bertz CT molecular complexity index is 398. The summed E-state index contributed by atoms with van der Waals surface area (Å²) >= 11 is 0. The van der Waals surface area contributed by atoms with E-state index in [1.165, 1.54) is 19.3 Å². The van der Waals surface area contributed by atoms with E-state index in [1.807, 2.05) is 13.8 Å². The molecule has 0 aromatic carbocycles. The van der Waals surface area contributed by atoms with Crippen LogP contribution < -0.4 is 21.3 Å². The molecular formula is C13H26N6O. The second-order valence-corrected chi connectivity index (χ2v) is 5.12. The SMILES string of the molecule is CCCCCC(C)Nc1nc(NN)nc(OC(C)C)n1. The van der Waals surface area contributed by atoms with Crippen molar-refractivity contribution in [2.24, 2.45) is 5.84 Å². The van der Waals surface area contributed by atoms with E-state index in [9.17, 15) is 0 Å². The van der Waals surface area contributed by atoms with Crippen LogP contribution in [0.5, 0.6) is 6.01 Å². The van der Waals surface area contributed by atoms with Crippen molar-refractivity contribution in [3.05, 3.63) is 0 Å². The van der Waals surface area contributed by atoms with Gasteiger partial charge in [0, 0.05) is 6.04 Å². The van der Waals surface area contributed by atoms with Crippen LogP contribution >= 0.6 is 0 Å². The summed E-state index contributed by atoms with van der Waals surface area (Å²) < 4.78 is 5.48. The van der Waals surface area contributed by atoms with Crippen molar-refractivity contribution >= 4 is 11.9 Å². The van der Waals surface area contributed by atoms with E-state index in [0.717, 1.165) is 6.42 Å². The van der Waals surface area contributed by atoms with E-state index < -0.39 is 0 Å². The Kier molecular flexibility index (Phi) is 7.00. The third-order valence-electron chi connectivity index (χ3n) is 2.70. The Balaban J connectivity index is 2.67. The number of hydrogen-bond acceptors (Lipinski definition) is 7. The van der Waals surface area contributed by atoms with Gasteiger partial charge in [0.05, 0.1) is 6.10 Å². The number of nitrogen functional groups attached to an aromatic ring is 1. The Morgan fingerprint density at radius 2 is 1.80 bits per heavy atom. The van der Waals surface area contributed by atoms with Crippen LogP contribution in [-0.4, -0.2) is 27.1 Å². The number of hydrazine groups is 1. The number of aromatic nitrogens is 3. The first kappa shape index (κ1) is 16.4. The number of hydrogen-bond donors (Lipinski definition) is 3. The van der Waals surface area contributed by atoms with Gasteiger partial charge in [-0.1, -0.05) is 26.2 Å². The molecule has 0 fully saturated rings. The van der Waals surface area contributed by atoms with Gasteiger partial charge in [-0.25, -0.2) is 5.84 Å². The first-order chi connectivity index (χ1) is 9.55. The predicted molar refractivity (Wildman–Crippen MR) is 80.6 cm³/mol. The highest BCUT2D eigenvalue weighted by Crippen LogP contribution is 2.14. The Hall–Kier alpha value is -1.63. The minimum Gasteiger partial charge on any atom is -0.461 e. The summed E-state index contributed by atoms with van der Waals surface area (Å²) in [7, 11) is 0. The summed E-state index contributed by atoms with van der Waals surface area (Å²) in [6.07, 6.45) is 4.71. The van der Waals surface area contributed by atoms with E-state index in [0.29, 0.717) is 17.9 Å². The highest BCUT2D eigenvalue weighted by Gasteiger charge is 2.10. The first-order valence-electron chi connectivity index (χ1n) is 7.21. The van der Waals surface area contributed by atoms with Gasteiger partial charge in [0.15, 0.2) is 0 Å². The van der Waals surface area contributed by atoms with Gasteiger partial charge in [-0.05, 0) is 27.2 Å². The molecule has 0 saturated carbocycles. The van der Waals surface area contributed by atoms with Gasteiger partial charge in [-0.3, -0.25) is 5.43 Å². The van der Waals surface area contributed by atoms with Crippen molar-refractivity contribution in [3.8, 4) is 6.01 Å². The molecule has 7 heteroatoms. The van der Waals surface area contributed by atoms with Crippen molar-refractivity contribution in [2.45, 2.75) is 65.5 Å². The Labute approximate surface area is 120 Å². The van der Waals surface area contributed by atoms with Crippen molar-refractivity contribution < 1.29 is 4.74 Å². The minimum absolute atomic E-state index is 0.00199. The molecule has 114 valence electrons. The zero-order valence-electron chi connectivity index (χ0n) is 12.8. The van der Waals surface area contributed by atoms with Gasteiger partial charge in [0.1, 0.15) is 0 Å². The monoisotopic (exact) mass is 282 g/mol. The fourth-order valence-electron chi connectivity index (χ4n) is 1.74. The van der Waals surface area contributed by atoms with Gasteiger partial charge in [0.25, 0.3) is 0 Å². The molecule has 0 aliphatic carbocycles. The molecule has 20 heavy (non-hydrogen) atoms. The molecule has 7 nitrogen and oxygen atoms in total. The highest BCUT2D eigenvalue weighted by molar-refractivity contribution is 5.35. The van der Waals surface area contributed by atoms with E-state index in [2.05, 4.69) is 39.5 Å². The molecule has 1 aromatic heterocycles. The van der Waals surface area contributed by atoms with Crippen LogP contribution in [0.2, 0.25) is 0 Å². The topological polar surface area (TPSA) is 98.0 Å². The van der Waals surface area contributed by atoms with Gasteiger partial charge in [0.2, 0.25) is 11.9 Å². The zero-order chi connectivity index (χ0) is 15.0. The molecule has 0 spiro atoms. The normalized spacial score (nSPS) is 12.3. The van der Waals surface area contributed by atoms with E-state index >= 15 is 0 Å². The number of nitrogens with one attached hydrogen (secondary N) is 2. The molecule has 0 radical (unpaired) electrons. The van der Waals surface area contributed by atoms with Crippen molar-refractivity contribution in [3.63, 3.8) is 0 Å². The molecule has 1 unspecified atom stereocenters. The van der Waals surface area contributed by atoms with Crippen LogP contribution in [0.25, 0.3) is 0 Å². The lowest BCUT2D eigenvalue weighted by atomic mass is 10.1. The van der Waals surface area contributed by atoms with E-state index in [1.54, 1.807) is 0 Å². The standard InChI is InChI=1S/C13H26N6O/c1-5-6-7-8-10(4)15-11-16-12(19-14)18-13(17-11)20-9(2)3/h9-10H,5-8,14H2,1-4H3,(H2,15,16,17,18,19). The number of nitrogens with zero attached hydrogens (tertiary/aromatic N) is 3. The van der Waals surface area contributed by atoms with Crippen LogP contribution in [0.15, 0.2) is 0 Å². The molecule has 4 N–H and O–H groups in total. The van der Waals surface area contributed by atoms with Gasteiger partial charge in [-0.2, -0.15) is 15.0 Å². The molecular weight excluding hydrogens is 256 g/mol. The lowest BCUT2D eigenvalue weighted by Gasteiger charge is -2.15. The van der Waals surface area contributed by atoms with E-state index in [4.69, 9.17) is 10.6 Å². The lowest BCUT2D eigenvalue weighted by Crippen LogP contribution is -2.20. The third kappa shape index (κ3) is 6.01. The summed E-state index contributed by atoms with van der Waals surface area (Å²) in [4.78, 5) is 12.5. The van der Waals surface area contributed by atoms with Crippen molar-refractivity contribution in [2.75, 3.05) is 10.7 Å². The summed E-state index contributed by atoms with van der Waals surface area (Å²) in [6, 6.07) is 0.563. The average Bonchev–Trinajstić information content (AvgIpc) is 2.37. The number of unbranched alkanes of at least 4 members (excludes halogenated alkanes) is 2. The Morgan fingerprint density at radius 1 is 1.10 bits per heavy atom. The molecule has 1 aromatic rings. The first-order valence-corrected chi connectivity index (χ1v) is 7.21. The summed E-state index contributed by atoms with van der Waals surface area (Å²) in [5, 5.41) is 3.25. The average molecular weight is 282 g/mol. The molecule has 1 atom stereocenters. The van der Waals surface area contributed by atoms with Gasteiger partial charge < -0.3 is 10.1 Å². The summed E-state index contributed by atoms with van der Waals surface area (Å²) in [5.41, 5.74) is 2.42. The van der Waals surface area contributed by atoms with Crippen LogP contribution in [0, 0.1) is 0 Å². The van der Waals surface area contributed by atoms with Crippen LogP contribution in [0.1, 0.15) is 53.4 Å². The molecule has 1 heterocycles. The third-order valence-corrected chi connectivity index (χ3v) is 2.70. The van der Waals surface area contributed by atoms with Crippen molar-refractivity contribution in [1.29, 1.82) is 0 Å². The number of ether oxygens (including phenoxy) is 1. The molecule has 0 amide bonds. The smallest absolute Gasteiger partial charge is 0.323 e. The van der Waals surface area contributed by atoms with Crippen molar-refractivity contribution in [1.82, 2.24) is 15.0 Å². The molecule has 0 aliphatic heterocycles. The van der Waals surface area contributed by atoms with Gasteiger partial charge in [-0.15, -0.1) is 0 Å². The van der Waals surface area contributed by atoms with Crippen LogP contribution in [0.3, 0.4) is 0 Å². The molecule has 0 saturated heterocycles. The molecule has 1 rings (SSSR count). The van der Waals surface area contributed by atoms with Gasteiger partial charge >= 0.3 is 6.01 Å². The fraction of sp³-hybridized carbons (Fsp3) is 0.769. The molecule has 0 bridgehead atoms. The highest BCUT2D eigenvalue weighted by atomic mass is 16.5. The largest absolute Gasteiger partial charge is 0.461 e.